The normalized spacial score (nSPS) is 11.4. The Morgan fingerprint density at radius 2 is 2.00 bits per heavy atom. The van der Waals surface area contributed by atoms with Crippen LogP contribution < -0.4 is 31.4 Å². The third-order valence-corrected chi connectivity index (χ3v) is 4.20. The number of ether oxygens (including phenoxy) is 2. The van der Waals surface area contributed by atoms with E-state index >= 15 is 0 Å². The molecule has 30 heavy (non-hydrogen) atoms. The Morgan fingerprint density at radius 3 is 2.67 bits per heavy atom. The molecule has 0 saturated carbocycles. The summed E-state index contributed by atoms with van der Waals surface area (Å²) in [6, 6.07) is 4.89. The molecule has 0 aliphatic rings. The van der Waals surface area contributed by atoms with E-state index in [1.165, 1.54) is 20.3 Å². The summed E-state index contributed by atoms with van der Waals surface area (Å²) >= 11 is 0. The number of carboxylic acids is 1. The first-order valence-corrected chi connectivity index (χ1v) is 9.21. The number of aromatic nitrogens is 2. The van der Waals surface area contributed by atoms with Crippen molar-refractivity contribution >= 4 is 17.9 Å². The fourth-order valence-electron chi connectivity index (χ4n) is 2.64. The molecule has 2 aromatic rings. The number of hydrogen-bond acceptors (Lipinski definition) is 7. The molecule has 0 aliphatic heterocycles. The molecule has 1 atom stereocenters. The van der Waals surface area contributed by atoms with Gasteiger partial charge in [-0.25, -0.2) is 9.78 Å². The third-order valence-electron chi connectivity index (χ3n) is 4.20. The Hall–Kier alpha value is -3.60. The number of nitrogens with one attached hydrogen (secondary N) is 3. The monoisotopic (exact) mass is 419 g/mol. The van der Waals surface area contributed by atoms with Crippen molar-refractivity contribution in [2.45, 2.75) is 25.3 Å². The second-order valence-corrected chi connectivity index (χ2v) is 6.37. The highest BCUT2D eigenvalue weighted by atomic mass is 16.5. The Morgan fingerprint density at radius 1 is 1.23 bits per heavy atom. The SMILES string of the molecule is COc1ccc(OC)c(-c2cc(=O)[nH]c(NC(=O)NCCCC[C@H](N)C(=O)O)n2)c1. The van der Waals surface area contributed by atoms with Gasteiger partial charge in [0.05, 0.1) is 19.9 Å². The van der Waals surface area contributed by atoms with E-state index in [0.29, 0.717) is 48.6 Å². The predicted octanol–water partition coefficient (Wildman–Crippen LogP) is 1.16. The summed E-state index contributed by atoms with van der Waals surface area (Å²) in [6.45, 7) is 0.311. The van der Waals surface area contributed by atoms with Crippen LogP contribution in [0.5, 0.6) is 11.5 Å². The Kier molecular flexibility index (Phi) is 8.18. The number of carbonyl (C=O) groups is 2. The summed E-state index contributed by atoms with van der Waals surface area (Å²) in [5.41, 5.74) is 5.79. The minimum atomic E-state index is -1.05. The highest BCUT2D eigenvalue weighted by molar-refractivity contribution is 5.87. The second-order valence-electron chi connectivity index (χ2n) is 6.37. The molecule has 0 spiro atoms. The number of benzene rings is 1. The summed E-state index contributed by atoms with van der Waals surface area (Å²) < 4.78 is 10.5. The lowest BCUT2D eigenvalue weighted by Gasteiger charge is -2.11. The number of amides is 2. The molecule has 1 aromatic carbocycles. The van der Waals surface area contributed by atoms with E-state index < -0.39 is 23.6 Å². The van der Waals surface area contributed by atoms with E-state index in [-0.39, 0.29) is 5.95 Å². The summed E-state index contributed by atoms with van der Waals surface area (Å²) in [5.74, 6) is -0.0392. The van der Waals surface area contributed by atoms with Crippen LogP contribution in [0.25, 0.3) is 11.3 Å². The van der Waals surface area contributed by atoms with Crippen molar-refractivity contribution in [2.75, 3.05) is 26.1 Å². The van der Waals surface area contributed by atoms with Gasteiger partial charge in [0, 0.05) is 18.2 Å². The highest BCUT2D eigenvalue weighted by Gasteiger charge is 2.13. The predicted molar refractivity (Wildman–Crippen MR) is 110 cm³/mol. The van der Waals surface area contributed by atoms with Crippen molar-refractivity contribution in [3.63, 3.8) is 0 Å². The molecule has 6 N–H and O–H groups in total. The van der Waals surface area contributed by atoms with Crippen LogP contribution in [0.3, 0.4) is 0 Å². The van der Waals surface area contributed by atoms with Crippen LogP contribution in [0.2, 0.25) is 0 Å². The Labute approximate surface area is 172 Å². The third kappa shape index (κ3) is 6.48. The molecular formula is C19H25N5O6. The molecule has 0 fully saturated rings. The summed E-state index contributed by atoms with van der Waals surface area (Å²) in [4.78, 5) is 41.5. The van der Waals surface area contributed by atoms with Gasteiger partial charge in [-0.15, -0.1) is 0 Å². The van der Waals surface area contributed by atoms with Gasteiger partial charge < -0.3 is 25.6 Å². The second kappa shape index (κ2) is 10.8. The quantitative estimate of drug-likeness (QED) is 0.357. The maximum Gasteiger partial charge on any atom is 0.321 e. The van der Waals surface area contributed by atoms with Crippen LogP contribution in [0.15, 0.2) is 29.1 Å². The minimum absolute atomic E-state index is 0.0345. The van der Waals surface area contributed by atoms with Crippen molar-refractivity contribution in [1.29, 1.82) is 0 Å². The summed E-state index contributed by atoms with van der Waals surface area (Å²) in [6.07, 6.45) is 1.42. The summed E-state index contributed by atoms with van der Waals surface area (Å²) in [5, 5.41) is 13.8. The summed E-state index contributed by atoms with van der Waals surface area (Å²) in [7, 11) is 3.01. The van der Waals surface area contributed by atoms with Crippen molar-refractivity contribution < 1.29 is 24.2 Å². The molecule has 0 unspecified atom stereocenters. The van der Waals surface area contributed by atoms with Crippen molar-refractivity contribution in [2.24, 2.45) is 5.73 Å². The smallest absolute Gasteiger partial charge is 0.321 e. The number of nitrogens with zero attached hydrogens (tertiary/aromatic N) is 1. The zero-order chi connectivity index (χ0) is 22.1. The van der Waals surface area contributed by atoms with Crippen LogP contribution in [0.4, 0.5) is 10.7 Å². The van der Waals surface area contributed by atoms with Crippen molar-refractivity contribution in [1.82, 2.24) is 15.3 Å². The molecule has 0 saturated heterocycles. The van der Waals surface area contributed by atoms with Crippen LogP contribution in [-0.4, -0.2) is 53.9 Å². The molecule has 0 bridgehead atoms. The van der Waals surface area contributed by atoms with E-state index in [4.69, 9.17) is 20.3 Å². The van der Waals surface area contributed by atoms with Gasteiger partial charge in [0.25, 0.3) is 5.56 Å². The Bertz CT molecular complexity index is 945. The number of H-pyrrole nitrogens is 1. The number of urea groups is 1. The fraction of sp³-hybridized carbons (Fsp3) is 0.368. The number of aromatic amines is 1. The highest BCUT2D eigenvalue weighted by Crippen LogP contribution is 2.31. The van der Waals surface area contributed by atoms with Crippen LogP contribution in [0, 0.1) is 0 Å². The molecule has 162 valence electrons. The first-order chi connectivity index (χ1) is 14.3. The van der Waals surface area contributed by atoms with Gasteiger partial charge in [0.15, 0.2) is 0 Å². The Balaban J connectivity index is 2.01. The number of carbonyl (C=O) groups excluding carboxylic acids is 1. The zero-order valence-electron chi connectivity index (χ0n) is 16.7. The van der Waals surface area contributed by atoms with Gasteiger partial charge >= 0.3 is 12.0 Å². The average Bonchev–Trinajstić information content (AvgIpc) is 2.72. The first-order valence-electron chi connectivity index (χ1n) is 9.21. The van der Waals surface area contributed by atoms with E-state index in [1.54, 1.807) is 18.2 Å². The lowest BCUT2D eigenvalue weighted by molar-refractivity contribution is -0.138. The maximum absolute atomic E-state index is 12.1. The van der Waals surface area contributed by atoms with Crippen molar-refractivity contribution in [3.8, 4) is 22.8 Å². The van der Waals surface area contributed by atoms with Gasteiger partial charge in [-0.05, 0) is 37.5 Å². The number of rotatable bonds is 10. The van der Waals surface area contributed by atoms with Crippen LogP contribution >= 0.6 is 0 Å². The van der Waals surface area contributed by atoms with Gasteiger partial charge in [0.1, 0.15) is 17.5 Å². The average molecular weight is 419 g/mol. The molecule has 2 rings (SSSR count). The van der Waals surface area contributed by atoms with E-state index in [2.05, 4.69) is 20.6 Å². The van der Waals surface area contributed by atoms with Crippen LogP contribution in [-0.2, 0) is 4.79 Å². The van der Waals surface area contributed by atoms with Gasteiger partial charge in [-0.1, -0.05) is 0 Å². The number of hydrogen-bond donors (Lipinski definition) is 5. The van der Waals surface area contributed by atoms with E-state index in [1.807, 2.05) is 0 Å². The molecule has 0 radical (unpaired) electrons. The molecular weight excluding hydrogens is 394 g/mol. The molecule has 11 nitrogen and oxygen atoms in total. The maximum atomic E-state index is 12.1. The van der Waals surface area contributed by atoms with Crippen molar-refractivity contribution in [3.05, 3.63) is 34.6 Å². The lowest BCUT2D eigenvalue weighted by atomic mass is 10.1. The number of anilines is 1. The number of carboxylic acid groups (broad SMARTS) is 1. The number of aliphatic carboxylic acids is 1. The fourth-order valence-corrected chi connectivity index (χ4v) is 2.64. The standard InChI is InChI=1S/C19H25N5O6/c1-29-11-6-7-15(30-2)12(9-11)14-10-16(25)23-18(22-14)24-19(28)21-8-4-3-5-13(20)17(26)27/h6-7,9-10,13H,3-5,8,20H2,1-2H3,(H,26,27)(H3,21,22,23,24,25,28)/t13-/m0/s1. The van der Waals surface area contributed by atoms with E-state index in [0.717, 1.165) is 0 Å². The first kappa shape index (κ1) is 22.7. The number of nitrogens with two attached hydrogens (primary N) is 1. The topological polar surface area (TPSA) is 169 Å². The van der Waals surface area contributed by atoms with Gasteiger partial charge in [-0.3, -0.25) is 19.9 Å². The molecule has 1 aromatic heterocycles. The van der Waals surface area contributed by atoms with Crippen LogP contribution in [0.1, 0.15) is 19.3 Å². The number of unbranched alkanes of at least 4 members (excludes halogenated alkanes) is 1. The largest absolute Gasteiger partial charge is 0.497 e. The van der Waals surface area contributed by atoms with Gasteiger partial charge in [0.2, 0.25) is 5.95 Å². The molecule has 1 heterocycles. The molecule has 2 amide bonds. The van der Waals surface area contributed by atoms with E-state index in [9.17, 15) is 14.4 Å². The number of methoxy groups -OCH3 is 2. The lowest BCUT2D eigenvalue weighted by Crippen LogP contribution is -2.32. The van der Waals surface area contributed by atoms with Gasteiger partial charge in [-0.2, -0.15) is 0 Å². The molecule has 0 aliphatic carbocycles. The molecule has 11 heteroatoms. The zero-order valence-corrected chi connectivity index (χ0v) is 16.7. The minimum Gasteiger partial charge on any atom is -0.497 e.